The Morgan fingerprint density at radius 3 is 2.74 bits per heavy atom. The lowest BCUT2D eigenvalue weighted by molar-refractivity contribution is 0.394. The number of aryl methyl sites for hydroxylation is 2. The summed E-state index contributed by atoms with van der Waals surface area (Å²) in [5, 5.41) is 3.36. The number of aromatic nitrogens is 2. The van der Waals surface area contributed by atoms with Crippen LogP contribution in [0, 0.1) is 13.8 Å². The van der Waals surface area contributed by atoms with E-state index in [1.165, 1.54) is 11.1 Å². The molecule has 0 spiro atoms. The van der Waals surface area contributed by atoms with Crippen molar-refractivity contribution >= 4 is 0 Å². The number of nitrogens with zero attached hydrogens (tertiary/aromatic N) is 2. The highest BCUT2D eigenvalue weighted by atomic mass is 16.5. The van der Waals surface area contributed by atoms with Gasteiger partial charge in [0, 0.05) is 24.5 Å². The van der Waals surface area contributed by atoms with E-state index in [1.54, 1.807) is 7.11 Å². The minimum Gasteiger partial charge on any atom is -0.496 e. The average molecular weight is 259 g/mol. The number of imidazole rings is 1. The van der Waals surface area contributed by atoms with Crippen molar-refractivity contribution in [1.82, 2.24) is 14.9 Å². The van der Waals surface area contributed by atoms with Gasteiger partial charge in [-0.1, -0.05) is 17.7 Å². The summed E-state index contributed by atoms with van der Waals surface area (Å²) in [5.41, 5.74) is 2.41. The molecule has 0 saturated carbocycles. The van der Waals surface area contributed by atoms with Gasteiger partial charge in [0.1, 0.15) is 11.6 Å². The molecule has 1 atom stereocenters. The number of nitrogens with one attached hydrogen (secondary N) is 1. The molecule has 1 N–H and O–H groups in total. The quantitative estimate of drug-likeness (QED) is 0.896. The summed E-state index contributed by atoms with van der Waals surface area (Å²) in [6, 6.07) is 6.46. The van der Waals surface area contributed by atoms with Crippen molar-refractivity contribution in [1.29, 1.82) is 0 Å². The molecule has 0 saturated heterocycles. The first-order chi connectivity index (χ1) is 9.15. The lowest BCUT2D eigenvalue weighted by atomic mass is 10.0. The van der Waals surface area contributed by atoms with Crippen molar-refractivity contribution in [3.05, 3.63) is 47.5 Å². The van der Waals surface area contributed by atoms with Crippen LogP contribution in [0.3, 0.4) is 0 Å². The number of rotatable bonds is 5. The second-order valence-electron chi connectivity index (χ2n) is 4.71. The highest BCUT2D eigenvalue weighted by Crippen LogP contribution is 2.27. The van der Waals surface area contributed by atoms with Crippen LogP contribution in [-0.4, -0.2) is 23.7 Å². The zero-order valence-corrected chi connectivity index (χ0v) is 12.0. The molecule has 0 aliphatic carbocycles. The lowest BCUT2D eigenvalue weighted by Gasteiger charge is -2.21. The Hall–Kier alpha value is -1.81. The lowest BCUT2D eigenvalue weighted by Crippen LogP contribution is -2.23. The van der Waals surface area contributed by atoms with Gasteiger partial charge in [-0.25, -0.2) is 4.98 Å². The van der Waals surface area contributed by atoms with Gasteiger partial charge in [0.25, 0.3) is 0 Å². The van der Waals surface area contributed by atoms with E-state index >= 15 is 0 Å². The maximum atomic E-state index is 5.47. The molecule has 1 unspecified atom stereocenters. The molecule has 1 aromatic heterocycles. The van der Waals surface area contributed by atoms with Gasteiger partial charge >= 0.3 is 0 Å². The maximum Gasteiger partial charge on any atom is 0.123 e. The summed E-state index contributed by atoms with van der Waals surface area (Å²) < 4.78 is 7.61. The van der Waals surface area contributed by atoms with Crippen molar-refractivity contribution < 1.29 is 4.74 Å². The number of methoxy groups -OCH3 is 1. The number of benzene rings is 1. The Labute approximate surface area is 114 Å². The molecule has 4 heteroatoms. The number of hydrogen-bond acceptors (Lipinski definition) is 3. The molecule has 1 heterocycles. The predicted octanol–water partition coefficient (Wildman–Crippen LogP) is 2.47. The van der Waals surface area contributed by atoms with Crippen LogP contribution in [0.1, 0.15) is 23.0 Å². The van der Waals surface area contributed by atoms with Crippen LogP contribution in [0.5, 0.6) is 5.75 Å². The molecule has 19 heavy (non-hydrogen) atoms. The number of ether oxygens (including phenoxy) is 1. The second kappa shape index (κ2) is 5.89. The summed E-state index contributed by atoms with van der Waals surface area (Å²) in [7, 11) is 3.68. The third-order valence-electron chi connectivity index (χ3n) is 3.41. The Bertz CT molecular complexity index is 548. The van der Waals surface area contributed by atoms with Crippen LogP contribution in [0.2, 0.25) is 0 Å². The molecule has 0 amide bonds. The summed E-state index contributed by atoms with van der Waals surface area (Å²) in [4.78, 5) is 4.26. The highest BCUT2D eigenvalue weighted by Gasteiger charge is 2.15. The van der Waals surface area contributed by atoms with Crippen molar-refractivity contribution in [2.24, 2.45) is 0 Å². The zero-order chi connectivity index (χ0) is 13.8. The van der Waals surface area contributed by atoms with Crippen LogP contribution < -0.4 is 10.1 Å². The van der Waals surface area contributed by atoms with Crippen LogP contribution in [0.15, 0.2) is 30.6 Å². The fourth-order valence-electron chi connectivity index (χ4n) is 2.26. The van der Waals surface area contributed by atoms with E-state index in [0.717, 1.165) is 18.1 Å². The Morgan fingerprint density at radius 1 is 1.37 bits per heavy atom. The monoisotopic (exact) mass is 259 g/mol. The standard InChI is InChI=1S/C15H21N3O/c1-11-5-6-15(19-4)13(9-11)14(16-3)10-18-8-7-17-12(18)2/h5-9,14,16H,10H2,1-4H3. The molecule has 102 valence electrons. The van der Waals surface area contributed by atoms with Crippen LogP contribution in [-0.2, 0) is 6.54 Å². The molecular formula is C15H21N3O. The van der Waals surface area contributed by atoms with E-state index in [-0.39, 0.29) is 6.04 Å². The van der Waals surface area contributed by atoms with Gasteiger partial charge in [-0.2, -0.15) is 0 Å². The average Bonchev–Trinajstić information content (AvgIpc) is 2.81. The van der Waals surface area contributed by atoms with Crippen LogP contribution >= 0.6 is 0 Å². The first-order valence-electron chi connectivity index (χ1n) is 6.45. The van der Waals surface area contributed by atoms with Gasteiger partial charge in [0.15, 0.2) is 0 Å². The smallest absolute Gasteiger partial charge is 0.123 e. The minimum atomic E-state index is 0.197. The normalized spacial score (nSPS) is 12.4. The Kier molecular flexibility index (Phi) is 4.22. The highest BCUT2D eigenvalue weighted by molar-refractivity contribution is 5.39. The topological polar surface area (TPSA) is 39.1 Å². The van der Waals surface area contributed by atoms with Crippen LogP contribution in [0.25, 0.3) is 0 Å². The molecule has 4 nitrogen and oxygen atoms in total. The van der Waals surface area contributed by atoms with E-state index in [4.69, 9.17) is 4.74 Å². The number of likely N-dealkylation sites (N-methyl/N-ethyl adjacent to an activating group) is 1. The molecule has 0 fully saturated rings. The maximum absolute atomic E-state index is 5.47. The predicted molar refractivity (Wildman–Crippen MR) is 76.5 cm³/mol. The molecule has 0 aliphatic rings. The first kappa shape index (κ1) is 13.6. The largest absolute Gasteiger partial charge is 0.496 e. The van der Waals surface area contributed by atoms with Gasteiger partial charge in [0.2, 0.25) is 0 Å². The SMILES string of the molecule is CNC(Cn1ccnc1C)c1cc(C)ccc1OC. The van der Waals surface area contributed by atoms with Gasteiger partial charge in [-0.3, -0.25) is 0 Å². The van der Waals surface area contributed by atoms with Crippen molar-refractivity contribution in [3.63, 3.8) is 0 Å². The summed E-state index contributed by atoms with van der Waals surface area (Å²) in [6.45, 7) is 4.94. The second-order valence-corrected chi connectivity index (χ2v) is 4.71. The Morgan fingerprint density at radius 2 is 2.16 bits per heavy atom. The summed E-state index contributed by atoms with van der Waals surface area (Å²) in [6.07, 6.45) is 3.83. The summed E-state index contributed by atoms with van der Waals surface area (Å²) in [5.74, 6) is 1.94. The van der Waals surface area contributed by atoms with E-state index in [1.807, 2.05) is 32.4 Å². The molecular weight excluding hydrogens is 238 g/mol. The van der Waals surface area contributed by atoms with Gasteiger partial charge in [-0.15, -0.1) is 0 Å². The third kappa shape index (κ3) is 2.96. The molecule has 0 aliphatic heterocycles. The molecule has 0 radical (unpaired) electrons. The van der Waals surface area contributed by atoms with E-state index in [0.29, 0.717) is 0 Å². The van der Waals surface area contributed by atoms with Gasteiger partial charge in [0.05, 0.1) is 13.2 Å². The van der Waals surface area contributed by atoms with Crippen molar-refractivity contribution in [3.8, 4) is 5.75 Å². The van der Waals surface area contributed by atoms with Crippen molar-refractivity contribution in [2.75, 3.05) is 14.2 Å². The number of hydrogen-bond donors (Lipinski definition) is 1. The molecule has 1 aromatic carbocycles. The molecule has 0 bridgehead atoms. The molecule has 2 aromatic rings. The fourth-order valence-corrected chi connectivity index (χ4v) is 2.26. The summed E-state index contributed by atoms with van der Waals surface area (Å²) >= 11 is 0. The molecule has 2 rings (SSSR count). The Balaban J connectivity index is 2.31. The van der Waals surface area contributed by atoms with Gasteiger partial charge < -0.3 is 14.6 Å². The van der Waals surface area contributed by atoms with E-state index < -0.39 is 0 Å². The first-order valence-corrected chi connectivity index (χ1v) is 6.45. The third-order valence-corrected chi connectivity index (χ3v) is 3.41. The van der Waals surface area contributed by atoms with E-state index in [9.17, 15) is 0 Å². The van der Waals surface area contributed by atoms with Crippen LogP contribution in [0.4, 0.5) is 0 Å². The van der Waals surface area contributed by atoms with Gasteiger partial charge in [-0.05, 0) is 27.0 Å². The minimum absolute atomic E-state index is 0.197. The zero-order valence-electron chi connectivity index (χ0n) is 12.0. The van der Waals surface area contributed by atoms with E-state index in [2.05, 4.69) is 33.9 Å². The fraction of sp³-hybridized carbons (Fsp3) is 0.400. The van der Waals surface area contributed by atoms with Crippen molar-refractivity contribution in [2.45, 2.75) is 26.4 Å².